The van der Waals surface area contributed by atoms with Crippen molar-refractivity contribution >= 4 is 71.3 Å². The van der Waals surface area contributed by atoms with Gasteiger partial charge in [0.15, 0.2) is 0 Å². The van der Waals surface area contributed by atoms with Gasteiger partial charge in [-0.1, -0.05) is 176 Å². The quantitative estimate of drug-likeness (QED) is 0.171. The van der Waals surface area contributed by atoms with Crippen LogP contribution in [0.25, 0.3) is 87.6 Å². The minimum atomic E-state index is 0.859. The molecule has 2 nitrogen and oxygen atoms in total. The first kappa shape index (κ1) is 32.0. The summed E-state index contributed by atoms with van der Waals surface area (Å²) in [6, 6.07) is 76.4. The van der Waals surface area contributed by atoms with Crippen molar-refractivity contribution in [2.45, 2.75) is 0 Å². The zero-order chi connectivity index (χ0) is 37.0. The molecule has 0 unspecified atom stereocenters. The number of hydrogen-bond acceptors (Lipinski definition) is 2. The third-order valence-corrected chi connectivity index (χ3v) is 11.3. The van der Waals surface area contributed by atoms with E-state index in [9.17, 15) is 0 Å². The standard InChI is InChI=1S/C54H35NO/c1-2-13-36(14-3-1)37-27-29-38(30-28-37)39-31-33-42(34-32-39)55(50-24-11-18-41-16-5-7-20-44(41)50)51-25-12-26-52-53(51)49-35-48(46-21-8-9-22-47(46)54(49)56-52)45-23-10-17-40-15-4-6-19-43(40)45/h1-35H. The monoisotopic (exact) mass is 713 g/mol. The molecule has 0 saturated carbocycles. The number of nitrogens with zero attached hydrogens (tertiary/aromatic N) is 1. The fourth-order valence-electron chi connectivity index (χ4n) is 8.60. The molecule has 56 heavy (non-hydrogen) atoms. The summed E-state index contributed by atoms with van der Waals surface area (Å²) in [6.45, 7) is 0. The van der Waals surface area contributed by atoms with Crippen LogP contribution < -0.4 is 4.90 Å². The first-order valence-electron chi connectivity index (χ1n) is 19.2. The zero-order valence-electron chi connectivity index (χ0n) is 30.6. The van der Waals surface area contributed by atoms with Crippen LogP contribution in [0.1, 0.15) is 0 Å². The molecule has 0 aliphatic heterocycles. The summed E-state index contributed by atoms with van der Waals surface area (Å²) in [5, 5.41) is 9.30. The number of hydrogen-bond donors (Lipinski definition) is 0. The highest BCUT2D eigenvalue weighted by Crippen LogP contribution is 2.48. The van der Waals surface area contributed by atoms with Crippen LogP contribution in [-0.2, 0) is 0 Å². The first-order valence-corrected chi connectivity index (χ1v) is 19.2. The number of furan rings is 1. The molecule has 262 valence electrons. The van der Waals surface area contributed by atoms with Crippen LogP contribution >= 0.6 is 0 Å². The summed E-state index contributed by atoms with van der Waals surface area (Å²) in [5.41, 5.74) is 12.2. The maximum atomic E-state index is 6.89. The van der Waals surface area contributed by atoms with Crippen LogP contribution in [0.4, 0.5) is 17.1 Å². The van der Waals surface area contributed by atoms with Gasteiger partial charge in [-0.15, -0.1) is 0 Å². The van der Waals surface area contributed by atoms with Gasteiger partial charge in [0.05, 0.1) is 16.8 Å². The van der Waals surface area contributed by atoms with Crippen molar-refractivity contribution in [1.29, 1.82) is 0 Å². The molecule has 0 aliphatic rings. The van der Waals surface area contributed by atoms with Gasteiger partial charge in [0, 0.05) is 21.8 Å². The molecule has 1 heterocycles. The van der Waals surface area contributed by atoms with Crippen molar-refractivity contribution in [1.82, 2.24) is 0 Å². The molecule has 0 aliphatic carbocycles. The van der Waals surface area contributed by atoms with Gasteiger partial charge in [0.1, 0.15) is 11.2 Å². The second kappa shape index (κ2) is 13.2. The fraction of sp³-hybridized carbons (Fsp3) is 0. The summed E-state index contributed by atoms with van der Waals surface area (Å²) < 4.78 is 6.89. The maximum Gasteiger partial charge on any atom is 0.143 e. The fourth-order valence-corrected chi connectivity index (χ4v) is 8.60. The lowest BCUT2D eigenvalue weighted by molar-refractivity contribution is 0.672. The van der Waals surface area contributed by atoms with Crippen LogP contribution in [0.5, 0.6) is 0 Å². The number of anilines is 3. The van der Waals surface area contributed by atoms with Crippen LogP contribution in [0, 0.1) is 0 Å². The highest BCUT2D eigenvalue weighted by molar-refractivity contribution is 6.24. The Morgan fingerprint density at radius 2 is 0.839 bits per heavy atom. The molecule has 0 atom stereocenters. The molecule has 0 amide bonds. The lowest BCUT2D eigenvalue weighted by Crippen LogP contribution is -2.10. The SMILES string of the molecule is c1ccc(-c2ccc(-c3ccc(N(c4cccc5ccccc45)c4cccc5oc6c7ccccc7c(-c7cccc8ccccc78)cc6c45)cc3)cc2)cc1. The van der Waals surface area contributed by atoms with E-state index in [4.69, 9.17) is 4.42 Å². The van der Waals surface area contributed by atoms with Crippen molar-refractivity contribution < 1.29 is 4.42 Å². The Bertz CT molecular complexity index is 3220. The van der Waals surface area contributed by atoms with Gasteiger partial charge in [-0.25, -0.2) is 0 Å². The first-order chi connectivity index (χ1) is 27.8. The van der Waals surface area contributed by atoms with E-state index in [0.29, 0.717) is 0 Å². The second-order valence-corrected chi connectivity index (χ2v) is 14.4. The van der Waals surface area contributed by atoms with Gasteiger partial charge in [0.2, 0.25) is 0 Å². The molecule has 10 aromatic carbocycles. The van der Waals surface area contributed by atoms with Gasteiger partial charge in [-0.3, -0.25) is 0 Å². The van der Waals surface area contributed by atoms with E-state index in [-0.39, 0.29) is 0 Å². The topological polar surface area (TPSA) is 16.4 Å². The van der Waals surface area contributed by atoms with E-state index in [2.05, 4.69) is 217 Å². The van der Waals surface area contributed by atoms with Crippen molar-refractivity contribution in [2.75, 3.05) is 4.90 Å². The van der Waals surface area contributed by atoms with Gasteiger partial charge in [-0.05, 0) is 91.3 Å². The molecule has 1 aromatic heterocycles. The third kappa shape index (κ3) is 5.26. The lowest BCUT2D eigenvalue weighted by atomic mass is 9.92. The molecular formula is C54H35NO. The van der Waals surface area contributed by atoms with Crippen molar-refractivity contribution in [3.05, 3.63) is 212 Å². The van der Waals surface area contributed by atoms with Crippen molar-refractivity contribution in [2.24, 2.45) is 0 Å². The maximum absolute atomic E-state index is 6.89. The van der Waals surface area contributed by atoms with E-state index >= 15 is 0 Å². The molecule has 0 spiro atoms. The molecule has 11 aromatic rings. The summed E-state index contributed by atoms with van der Waals surface area (Å²) in [6.07, 6.45) is 0. The normalized spacial score (nSPS) is 11.6. The Labute approximate surface area is 325 Å². The molecule has 2 heteroatoms. The van der Waals surface area contributed by atoms with Gasteiger partial charge in [-0.2, -0.15) is 0 Å². The van der Waals surface area contributed by atoms with E-state index in [0.717, 1.165) is 44.4 Å². The van der Waals surface area contributed by atoms with Crippen molar-refractivity contribution in [3.63, 3.8) is 0 Å². The van der Waals surface area contributed by atoms with E-state index in [1.807, 2.05) is 0 Å². The predicted octanol–water partition coefficient (Wildman–Crippen LogP) is 15.5. The van der Waals surface area contributed by atoms with E-state index in [1.165, 1.54) is 60.3 Å². The van der Waals surface area contributed by atoms with Crippen LogP contribution in [0.15, 0.2) is 217 Å². The Kier molecular flexibility index (Phi) is 7.53. The smallest absolute Gasteiger partial charge is 0.143 e. The third-order valence-electron chi connectivity index (χ3n) is 11.3. The Hall–Kier alpha value is -7.42. The predicted molar refractivity (Wildman–Crippen MR) is 237 cm³/mol. The largest absolute Gasteiger partial charge is 0.455 e. The summed E-state index contributed by atoms with van der Waals surface area (Å²) >= 11 is 0. The molecule has 0 fully saturated rings. The summed E-state index contributed by atoms with van der Waals surface area (Å²) in [4.78, 5) is 2.41. The van der Waals surface area contributed by atoms with Crippen LogP contribution in [-0.4, -0.2) is 0 Å². The minimum absolute atomic E-state index is 0.859. The molecule has 11 rings (SSSR count). The number of rotatable bonds is 6. The lowest BCUT2D eigenvalue weighted by Gasteiger charge is -2.28. The average molecular weight is 714 g/mol. The van der Waals surface area contributed by atoms with Crippen LogP contribution in [0.2, 0.25) is 0 Å². The van der Waals surface area contributed by atoms with Gasteiger partial charge < -0.3 is 9.32 Å². The Morgan fingerprint density at radius 3 is 1.57 bits per heavy atom. The van der Waals surface area contributed by atoms with E-state index < -0.39 is 0 Å². The van der Waals surface area contributed by atoms with Crippen LogP contribution in [0.3, 0.4) is 0 Å². The molecule has 0 radical (unpaired) electrons. The molecular weight excluding hydrogens is 679 g/mol. The average Bonchev–Trinajstić information content (AvgIpc) is 3.66. The van der Waals surface area contributed by atoms with Gasteiger partial charge >= 0.3 is 0 Å². The molecule has 0 N–H and O–H groups in total. The van der Waals surface area contributed by atoms with Crippen molar-refractivity contribution in [3.8, 4) is 33.4 Å². The minimum Gasteiger partial charge on any atom is -0.455 e. The Balaban J connectivity index is 1.13. The highest BCUT2D eigenvalue weighted by atomic mass is 16.3. The van der Waals surface area contributed by atoms with E-state index in [1.54, 1.807) is 0 Å². The zero-order valence-corrected chi connectivity index (χ0v) is 30.6. The molecule has 0 bridgehead atoms. The number of fused-ring (bicyclic) bond motifs is 7. The number of benzene rings is 10. The second-order valence-electron chi connectivity index (χ2n) is 14.4. The molecule has 0 saturated heterocycles. The summed E-state index contributed by atoms with van der Waals surface area (Å²) in [7, 11) is 0. The Morgan fingerprint density at radius 1 is 0.321 bits per heavy atom. The van der Waals surface area contributed by atoms with Gasteiger partial charge in [0.25, 0.3) is 0 Å². The highest BCUT2D eigenvalue weighted by Gasteiger charge is 2.23. The summed E-state index contributed by atoms with van der Waals surface area (Å²) in [5.74, 6) is 0.